The molecule has 1 fully saturated rings. The summed E-state index contributed by atoms with van der Waals surface area (Å²) in [5.41, 5.74) is -0.420. The van der Waals surface area contributed by atoms with E-state index in [-0.39, 0.29) is 12.1 Å². The maximum Gasteiger partial charge on any atom is 0.312 e. The monoisotopic (exact) mass is 212 g/mol. The van der Waals surface area contributed by atoms with Gasteiger partial charge in [0.2, 0.25) is 0 Å². The van der Waals surface area contributed by atoms with Crippen LogP contribution in [-0.2, 0) is 9.53 Å². The summed E-state index contributed by atoms with van der Waals surface area (Å²) in [4.78, 5) is 11.9. The fourth-order valence-electron chi connectivity index (χ4n) is 2.21. The average molecular weight is 212 g/mol. The highest BCUT2D eigenvalue weighted by Gasteiger charge is 2.41. The first-order chi connectivity index (χ1) is 7.14. The maximum atomic E-state index is 11.9. The lowest BCUT2D eigenvalue weighted by atomic mass is 9.71. The number of aliphatic hydroxyl groups excluding tert-OH is 1. The summed E-state index contributed by atoms with van der Waals surface area (Å²) in [5.74, 6) is -0.128. The Balaban J connectivity index is 2.69. The van der Waals surface area contributed by atoms with Crippen molar-refractivity contribution >= 4 is 5.97 Å². The van der Waals surface area contributed by atoms with Crippen LogP contribution in [0.5, 0.6) is 0 Å². The highest BCUT2D eigenvalue weighted by molar-refractivity contribution is 5.77. The second-order valence-electron chi connectivity index (χ2n) is 4.22. The Morgan fingerprint density at radius 2 is 2.20 bits per heavy atom. The second kappa shape index (κ2) is 5.31. The van der Waals surface area contributed by atoms with E-state index in [4.69, 9.17) is 4.74 Å². The third-order valence-corrected chi connectivity index (χ3v) is 3.16. The third-order valence-electron chi connectivity index (χ3n) is 3.16. The quantitative estimate of drug-likeness (QED) is 0.573. The molecule has 3 nitrogen and oxygen atoms in total. The molecule has 0 aromatic rings. The van der Waals surface area contributed by atoms with Crippen molar-refractivity contribution in [3.8, 4) is 0 Å². The Kier molecular flexibility index (Phi) is 4.33. The van der Waals surface area contributed by atoms with Crippen molar-refractivity contribution in [3.63, 3.8) is 0 Å². The van der Waals surface area contributed by atoms with Gasteiger partial charge in [-0.15, -0.1) is 6.58 Å². The molecule has 0 atom stereocenters. The van der Waals surface area contributed by atoms with Crippen molar-refractivity contribution in [2.24, 2.45) is 5.41 Å². The Bertz CT molecular complexity index is 227. The largest absolute Gasteiger partial charge is 0.466 e. The molecule has 1 rings (SSSR count). The molecule has 15 heavy (non-hydrogen) atoms. The first-order valence-electron chi connectivity index (χ1n) is 5.61. The minimum absolute atomic E-state index is 0.128. The van der Waals surface area contributed by atoms with Crippen LogP contribution in [0.25, 0.3) is 0 Å². The maximum absolute atomic E-state index is 11.9. The number of esters is 1. The van der Waals surface area contributed by atoms with Gasteiger partial charge in [0.15, 0.2) is 0 Å². The molecule has 3 heteroatoms. The molecule has 0 amide bonds. The summed E-state index contributed by atoms with van der Waals surface area (Å²) >= 11 is 0. The van der Waals surface area contributed by atoms with Gasteiger partial charge >= 0.3 is 5.97 Å². The minimum atomic E-state index is -0.420. The predicted molar refractivity (Wildman–Crippen MR) is 58.4 cm³/mol. The summed E-state index contributed by atoms with van der Waals surface area (Å²) in [6, 6.07) is 0. The lowest BCUT2D eigenvalue weighted by Crippen LogP contribution is -2.37. The molecule has 86 valence electrons. The Morgan fingerprint density at radius 1 is 1.60 bits per heavy atom. The first-order valence-corrected chi connectivity index (χ1v) is 5.61. The Hall–Kier alpha value is -0.830. The molecular weight excluding hydrogens is 192 g/mol. The highest BCUT2D eigenvalue weighted by atomic mass is 16.5. The molecule has 0 heterocycles. The molecule has 0 spiro atoms. The summed E-state index contributed by atoms with van der Waals surface area (Å²) < 4.78 is 5.10. The summed E-state index contributed by atoms with van der Waals surface area (Å²) in [7, 11) is 0. The summed E-state index contributed by atoms with van der Waals surface area (Å²) in [6.45, 7) is 5.92. The summed E-state index contributed by atoms with van der Waals surface area (Å²) in [6.07, 6.45) is 4.96. The number of aliphatic hydroxyl groups is 1. The van der Waals surface area contributed by atoms with Crippen LogP contribution in [0.2, 0.25) is 0 Å². The molecule has 0 bridgehead atoms. The van der Waals surface area contributed by atoms with Gasteiger partial charge in [-0.3, -0.25) is 4.79 Å². The molecule has 1 aliphatic carbocycles. The van der Waals surface area contributed by atoms with Gasteiger partial charge in [0.05, 0.1) is 18.1 Å². The van der Waals surface area contributed by atoms with Crippen molar-refractivity contribution in [1.29, 1.82) is 0 Å². The average Bonchev–Trinajstić information content (AvgIpc) is 2.22. The molecule has 1 aliphatic rings. The van der Waals surface area contributed by atoms with Crippen molar-refractivity contribution < 1.29 is 14.6 Å². The zero-order valence-electron chi connectivity index (χ0n) is 9.37. The van der Waals surface area contributed by atoms with Crippen molar-refractivity contribution in [3.05, 3.63) is 12.7 Å². The van der Waals surface area contributed by atoms with Crippen LogP contribution in [-0.4, -0.2) is 23.8 Å². The fraction of sp³-hybridized carbons (Fsp3) is 0.750. The SMILES string of the molecule is C=CCC1(C(=O)OCC)CCC(O)CC1. The molecule has 0 aromatic heterocycles. The smallest absolute Gasteiger partial charge is 0.312 e. The molecule has 1 N–H and O–H groups in total. The Labute approximate surface area is 91.1 Å². The number of rotatable bonds is 4. The van der Waals surface area contributed by atoms with Crippen LogP contribution in [0.1, 0.15) is 39.0 Å². The van der Waals surface area contributed by atoms with E-state index in [1.165, 1.54) is 0 Å². The van der Waals surface area contributed by atoms with E-state index in [1.807, 2.05) is 6.92 Å². The standard InChI is InChI=1S/C12H20O3/c1-3-7-12(11(14)15-4-2)8-5-10(13)6-9-12/h3,10,13H,1,4-9H2,2H3. The lowest BCUT2D eigenvalue weighted by Gasteiger charge is -2.35. The van der Waals surface area contributed by atoms with Gasteiger partial charge in [0.25, 0.3) is 0 Å². The van der Waals surface area contributed by atoms with Gasteiger partial charge in [-0.25, -0.2) is 0 Å². The number of hydrogen-bond donors (Lipinski definition) is 1. The van der Waals surface area contributed by atoms with E-state index < -0.39 is 5.41 Å². The normalized spacial score (nSPS) is 30.9. The minimum Gasteiger partial charge on any atom is -0.466 e. The number of carbonyl (C=O) groups is 1. The van der Waals surface area contributed by atoms with E-state index >= 15 is 0 Å². The van der Waals surface area contributed by atoms with Crippen molar-refractivity contribution in [2.45, 2.75) is 45.1 Å². The van der Waals surface area contributed by atoms with Gasteiger partial charge < -0.3 is 9.84 Å². The third kappa shape index (κ3) is 2.81. The van der Waals surface area contributed by atoms with Crippen LogP contribution in [0, 0.1) is 5.41 Å². The van der Waals surface area contributed by atoms with Gasteiger partial charge in [-0.2, -0.15) is 0 Å². The lowest BCUT2D eigenvalue weighted by molar-refractivity contribution is -0.158. The molecule has 0 unspecified atom stereocenters. The van der Waals surface area contributed by atoms with E-state index in [9.17, 15) is 9.90 Å². The molecule has 0 aliphatic heterocycles. The van der Waals surface area contributed by atoms with Crippen molar-refractivity contribution in [2.75, 3.05) is 6.61 Å². The van der Waals surface area contributed by atoms with Crippen LogP contribution >= 0.6 is 0 Å². The molecule has 0 radical (unpaired) electrons. The van der Waals surface area contributed by atoms with E-state index in [0.717, 1.165) is 0 Å². The van der Waals surface area contributed by atoms with E-state index in [0.29, 0.717) is 38.7 Å². The zero-order chi connectivity index (χ0) is 11.3. The molecular formula is C12H20O3. The van der Waals surface area contributed by atoms with Crippen LogP contribution in [0.15, 0.2) is 12.7 Å². The zero-order valence-corrected chi connectivity index (χ0v) is 9.37. The second-order valence-corrected chi connectivity index (χ2v) is 4.22. The molecule has 1 saturated carbocycles. The van der Waals surface area contributed by atoms with Gasteiger partial charge in [-0.1, -0.05) is 6.08 Å². The van der Waals surface area contributed by atoms with E-state index in [1.54, 1.807) is 6.08 Å². The predicted octanol–water partition coefficient (Wildman–Crippen LogP) is 2.05. The van der Waals surface area contributed by atoms with Crippen LogP contribution < -0.4 is 0 Å². The number of carbonyl (C=O) groups excluding carboxylic acids is 1. The number of allylic oxidation sites excluding steroid dienone is 1. The number of ether oxygens (including phenoxy) is 1. The van der Waals surface area contributed by atoms with Crippen LogP contribution in [0.4, 0.5) is 0 Å². The van der Waals surface area contributed by atoms with E-state index in [2.05, 4.69) is 6.58 Å². The molecule has 0 aromatic carbocycles. The highest BCUT2D eigenvalue weighted by Crippen LogP contribution is 2.40. The van der Waals surface area contributed by atoms with Crippen molar-refractivity contribution in [1.82, 2.24) is 0 Å². The fourth-order valence-corrected chi connectivity index (χ4v) is 2.21. The van der Waals surface area contributed by atoms with Gasteiger partial charge in [0.1, 0.15) is 0 Å². The summed E-state index contributed by atoms with van der Waals surface area (Å²) in [5, 5.41) is 9.44. The number of hydrogen-bond acceptors (Lipinski definition) is 3. The topological polar surface area (TPSA) is 46.5 Å². The molecule has 0 saturated heterocycles. The van der Waals surface area contributed by atoms with Gasteiger partial charge in [0, 0.05) is 0 Å². The Morgan fingerprint density at radius 3 is 2.67 bits per heavy atom. The van der Waals surface area contributed by atoms with Crippen LogP contribution in [0.3, 0.4) is 0 Å². The first kappa shape index (κ1) is 12.2. The van der Waals surface area contributed by atoms with Gasteiger partial charge in [-0.05, 0) is 39.0 Å².